The molecule has 0 radical (unpaired) electrons. The van der Waals surface area contributed by atoms with Gasteiger partial charge < -0.3 is 31.2 Å². The van der Waals surface area contributed by atoms with Crippen molar-refractivity contribution in [2.75, 3.05) is 0 Å². The molecule has 10 heavy (non-hydrogen) atoms. The van der Waals surface area contributed by atoms with Crippen molar-refractivity contribution >= 4 is 15.1 Å². The summed E-state index contributed by atoms with van der Waals surface area (Å²) in [4.78, 5) is 21.6. The minimum atomic E-state index is -4.64. The maximum absolute atomic E-state index is 8.88. The smallest absolute Gasteiger partial charge is 1.00 e. The zero-order chi connectivity index (χ0) is 8.08. The summed E-state index contributed by atoms with van der Waals surface area (Å²) in [5, 5.41) is 21.5. The molecule has 0 saturated heterocycles. The molecule has 10 heteroatoms. The molecule has 6 N–H and O–H groups in total. The minimum Gasteiger partial charge on any atom is -1.00 e. The van der Waals surface area contributed by atoms with E-state index in [1.807, 2.05) is 0 Å². The van der Waals surface area contributed by atoms with Crippen LogP contribution in [0.25, 0.3) is 0 Å². The monoisotopic (exact) mass is 168 g/mol. The van der Waals surface area contributed by atoms with Crippen LogP contribution in [0.3, 0.4) is 0 Å². The van der Waals surface area contributed by atoms with Gasteiger partial charge in [0.15, 0.2) is 0 Å². The summed E-state index contributed by atoms with van der Waals surface area (Å²) in [6, 6.07) is 0. The maximum Gasteiger partial charge on any atom is 1.00 e. The number of hydrogen-bond donors (Lipinski definition) is 6. The van der Waals surface area contributed by atoms with Crippen molar-refractivity contribution in [1.29, 1.82) is 0 Å². The fraction of sp³-hybridized carbons (Fsp3) is 0. The van der Waals surface area contributed by atoms with Crippen molar-refractivity contribution in [3.05, 3.63) is 0 Å². The Morgan fingerprint density at radius 3 is 1.10 bits per heavy atom. The molecule has 0 saturated carbocycles. The van der Waals surface area contributed by atoms with Crippen molar-refractivity contribution < 1.29 is 54.6 Å². The normalized spacial score (nSPS) is 8.60. The van der Waals surface area contributed by atoms with Gasteiger partial charge >= 0.3 is 34.0 Å². The van der Waals surface area contributed by atoms with Crippen molar-refractivity contribution in [2.45, 2.75) is 0 Å². The summed E-state index contributed by atoms with van der Waals surface area (Å²) < 4.78 is 8.88. The summed E-state index contributed by atoms with van der Waals surface area (Å²) in [6.45, 7) is 0. The van der Waals surface area contributed by atoms with Gasteiger partial charge in [-0.1, -0.05) is 0 Å². The number of rotatable bonds is 0. The molecule has 0 rings (SSSR count). The summed E-state index contributed by atoms with van der Waals surface area (Å²) >= 11 is 0. The molecule has 0 amide bonds. The number of phosphoric acid groups is 1. The first-order chi connectivity index (χ1) is 3.73. The third-order valence-corrected chi connectivity index (χ3v) is 0. The van der Waals surface area contributed by atoms with E-state index in [0.717, 1.165) is 0 Å². The average molecular weight is 168 g/mol. The van der Waals surface area contributed by atoms with E-state index in [4.69, 9.17) is 34.3 Å². The SMILES string of the molecule is O=P(O)(O)O.OB(O)O.[H-].[Li+]. The Balaban J connectivity index is -0.0000000383. The molecule has 0 aliphatic heterocycles. The summed E-state index contributed by atoms with van der Waals surface area (Å²) in [5.41, 5.74) is 0. The van der Waals surface area contributed by atoms with Gasteiger partial charge in [0.2, 0.25) is 0 Å². The molecule has 58 valence electrons. The molecule has 0 aliphatic rings. The summed E-state index contributed by atoms with van der Waals surface area (Å²) in [5.74, 6) is 0. The molecule has 0 atom stereocenters. The van der Waals surface area contributed by atoms with E-state index in [1.165, 1.54) is 0 Å². The first-order valence-electron chi connectivity index (χ1n) is 1.56. The molecule has 7 nitrogen and oxygen atoms in total. The van der Waals surface area contributed by atoms with Crippen LogP contribution in [-0.2, 0) is 4.57 Å². The van der Waals surface area contributed by atoms with Crippen LogP contribution in [0.4, 0.5) is 0 Å². The third-order valence-electron chi connectivity index (χ3n) is 0. The van der Waals surface area contributed by atoms with E-state index in [0.29, 0.717) is 0 Å². The van der Waals surface area contributed by atoms with Crippen LogP contribution < -0.4 is 18.9 Å². The molecule has 0 aromatic carbocycles. The van der Waals surface area contributed by atoms with Crippen molar-refractivity contribution in [3.63, 3.8) is 0 Å². The van der Waals surface area contributed by atoms with Crippen LogP contribution in [0.15, 0.2) is 0 Å². The van der Waals surface area contributed by atoms with Gasteiger partial charge in [-0.3, -0.25) is 0 Å². The Bertz CT molecular complexity index is 89.6. The van der Waals surface area contributed by atoms with Crippen LogP contribution >= 0.6 is 7.82 Å². The molecular formula is H7BLiO7P. The van der Waals surface area contributed by atoms with Gasteiger partial charge in [0.1, 0.15) is 0 Å². The Kier molecular flexibility index (Phi) is 13.1. The van der Waals surface area contributed by atoms with Crippen LogP contribution in [0.5, 0.6) is 0 Å². The van der Waals surface area contributed by atoms with E-state index in [1.54, 1.807) is 0 Å². The van der Waals surface area contributed by atoms with E-state index in [9.17, 15) is 0 Å². The van der Waals surface area contributed by atoms with Crippen LogP contribution in [-0.4, -0.2) is 37.1 Å². The summed E-state index contributed by atoms with van der Waals surface area (Å²) in [7, 11) is -6.81. The fourth-order valence-electron chi connectivity index (χ4n) is 0. The molecular weight excluding hydrogens is 161 g/mol. The second kappa shape index (κ2) is 7.76. The van der Waals surface area contributed by atoms with Crippen LogP contribution in [0.2, 0.25) is 0 Å². The molecule has 0 heterocycles. The van der Waals surface area contributed by atoms with E-state index >= 15 is 0 Å². The standard InChI is InChI=1S/BH3O3.Li.H3O4P.H/c2-1(3)4;;1-5(2,3)4;/h2-4H;;(H3,1,2,3,4);/q;+1;;-1. The molecule has 0 bridgehead atoms. The zero-order valence-corrected chi connectivity index (χ0v) is 6.01. The second-order valence-corrected chi connectivity index (χ2v) is 1.89. The molecule has 0 aromatic heterocycles. The predicted molar refractivity (Wildman–Crippen MR) is 27.8 cm³/mol. The van der Waals surface area contributed by atoms with Crippen molar-refractivity contribution in [2.24, 2.45) is 0 Å². The maximum atomic E-state index is 8.88. The minimum absolute atomic E-state index is 0. The van der Waals surface area contributed by atoms with Gasteiger partial charge in [-0.2, -0.15) is 0 Å². The first-order valence-corrected chi connectivity index (χ1v) is 3.12. The average Bonchev–Trinajstić information content (AvgIpc) is 1.19. The van der Waals surface area contributed by atoms with Gasteiger partial charge in [-0.05, 0) is 0 Å². The first kappa shape index (κ1) is 16.9. The zero-order valence-electron chi connectivity index (χ0n) is 6.12. The van der Waals surface area contributed by atoms with Gasteiger partial charge in [0.05, 0.1) is 0 Å². The molecule has 0 aliphatic carbocycles. The van der Waals surface area contributed by atoms with E-state index in [2.05, 4.69) is 0 Å². The topological polar surface area (TPSA) is 138 Å². The largest absolute Gasteiger partial charge is 1.00 e. The third kappa shape index (κ3) is 1190. The van der Waals surface area contributed by atoms with Gasteiger partial charge in [-0.25, -0.2) is 4.57 Å². The van der Waals surface area contributed by atoms with Crippen LogP contribution in [0.1, 0.15) is 1.43 Å². The second-order valence-electron chi connectivity index (χ2n) is 0.860. The summed E-state index contributed by atoms with van der Waals surface area (Å²) in [6.07, 6.45) is 0. The molecule has 0 spiro atoms. The van der Waals surface area contributed by atoms with E-state index in [-0.39, 0.29) is 20.3 Å². The number of hydrogen-bond acceptors (Lipinski definition) is 4. The quantitative estimate of drug-likeness (QED) is 0.156. The molecule has 0 aromatic rings. The van der Waals surface area contributed by atoms with Gasteiger partial charge in [0, 0.05) is 0 Å². The molecule has 0 fully saturated rings. The fourth-order valence-corrected chi connectivity index (χ4v) is 0. The Labute approximate surface area is 70.4 Å². The molecule has 0 unspecified atom stereocenters. The van der Waals surface area contributed by atoms with Crippen molar-refractivity contribution in [3.8, 4) is 0 Å². The van der Waals surface area contributed by atoms with Gasteiger partial charge in [0.25, 0.3) is 0 Å². The predicted octanol–water partition coefficient (Wildman–Crippen LogP) is -5.86. The Morgan fingerprint density at radius 2 is 1.10 bits per heavy atom. The Hall–Kier alpha value is 0.652. The van der Waals surface area contributed by atoms with Crippen molar-refractivity contribution in [1.82, 2.24) is 0 Å². The van der Waals surface area contributed by atoms with E-state index < -0.39 is 15.1 Å². The van der Waals surface area contributed by atoms with Gasteiger partial charge in [-0.15, -0.1) is 0 Å². The van der Waals surface area contributed by atoms with Crippen LogP contribution in [0, 0.1) is 0 Å². The Morgan fingerprint density at radius 1 is 1.10 bits per heavy atom.